The predicted molar refractivity (Wildman–Crippen MR) is 113 cm³/mol. The molecule has 2 rings (SSSR count). The molecule has 3 N–H and O–H groups in total. The van der Waals surface area contributed by atoms with Crippen molar-refractivity contribution < 1.29 is 9.84 Å². The first-order valence-electron chi connectivity index (χ1n) is 5.85. The smallest absolute Gasteiger partial charge is 0.154 e. The fraction of sp³-hybridized carbons (Fsp3) is 0.143. The second kappa shape index (κ2) is 8.94. The molecule has 21 heavy (non-hydrogen) atoms. The van der Waals surface area contributed by atoms with Gasteiger partial charge < -0.3 is 15.6 Å². The maximum atomic E-state index is 9.54. The van der Waals surface area contributed by atoms with Gasteiger partial charge in [0.25, 0.3) is 0 Å². The second-order valence-corrected chi connectivity index (χ2v) is 7.63. The standard InChI is InChI=1S/C14H12I3NO2.ClH/c15-10-7-9(1-2-13(10)19)20-14-11(16)5-8(3-4-18)6-12(14)17;/h1-2,5-7,19H,3-4,18H2;1H. The fourth-order valence-corrected chi connectivity index (χ4v) is 4.29. The summed E-state index contributed by atoms with van der Waals surface area (Å²) in [5.74, 6) is 1.82. The molecule has 0 amide bonds. The van der Waals surface area contributed by atoms with Gasteiger partial charge in [-0.05, 0) is 117 Å². The molecule has 0 radical (unpaired) electrons. The number of phenolic OH excluding ortho intramolecular Hbond substituents is 1. The van der Waals surface area contributed by atoms with Crippen molar-refractivity contribution in [1.82, 2.24) is 0 Å². The lowest BCUT2D eigenvalue weighted by Gasteiger charge is -2.12. The minimum Gasteiger partial charge on any atom is -0.507 e. The third-order valence-corrected chi connectivity index (χ3v) is 5.10. The molecule has 0 atom stereocenters. The Labute approximate surface area is 170 Å². The van der Waals surface area contributed by atoms with Gasteiger partial charge in [0, 0.05) is 0 Å². The number of benzene rings is 2. The van der Waals surface area contributed by atoms with Crippen LogP contribution >= 0.6 is 80.2 Å². The van der Waals surface area contributed by atoms with Crippen LogP contribution in [0.2, 0.25) is 0 Å². The van der Waals surface area contributed by atoms with Crippen LogP contribution in [0.1, 0.15) is 5.56 Å². The van der Waals surface area contributed by atoms with Gasteiger partial charge in [-0.1, -0.05) is 0 Å². The molecule has 0 bridgehead atoms. The fourth-order valence-electron chi connectivity index (χ4n) is 1.69. The summed E-state index contributed by atoms with van der Waals surface area (Å²) in [6, 6.07) is 9.40. The number of hydrogen-bond acceptors (Lipinski definition) is 3. The summed E-state index contributed by atoms with van der Waals surface area (Å²) in [5, 5.41) is 9.54. The summed E-state index contributed by atoms with van der Waals surface area (Å²) in [6.07, 6.45) is 0.864. The molecule has 2 aromatic carbocycles. The van der Waals surface area contributed by atoms with E-state index in [1.54, 1.807) is 12.1 Å². The van der Waals surface area contributed by atoms with E-state index >= 15 is 0 Å². The maximum absolute atomic E-state index is 9.54. The topological polar surface area (TPSA) is 55.5 Å². The number of halogens is 4. The zero-order valence-electron chi connectivity index (χ0n) is 10.8. The molecule has 0 heterocycles. The lowest BCUT2D eigenvalue weighted by Crippen LogP contribution is -2.03. The van der Waals surface area contributed by atoms with Crippen LogP contribution in [-0.4, -0.2) is 11.7 Å². The summed E-state index contributed by atoms with van der Waals surface area (Å²) in [5.41, 5.74) is 6.81. The van der Waals surface area contributed by atoms with Gasteiger partial charge in [0.15, 0.2) is 5.75 Å². The molecule has 0 aliphatic heterocycles. The van der Waals surface area contributed by atoms with Gasteiger partial charge >= 0.3 is 0 Å². The highest BCUT2D eigenvalue weighted by Gasteiger charge is 2.11. The molecule has 2 aromatic rings. The lowest BCUT2D eigenvalue weighted by atomic mass is 10.1. The van der Waals surface area contributed by atoms with Crippen molar-refractivity contribution in [1.29, 1.82) is 0 Å². The number of ether oxygens (including phenoxy) is 1. The van der Waals surface area contributed by atoms with Crippen LogP contribution in [0.5, 0.6) is 17.2 Å². The monoisotopic (exact) mass is 643 g/mol. The molecule has 0 unspecified atom stereocenters. The van der Waals surface area contributed by atoms with Crippen molar-refractivity contribution >= 4 is 80.2 Å². The first-order valence-corrected chi connectivity index (χ1v) is 9.09. The van der Waals surface area contributed by atoms with Crippen LogP contribution in [-0.2, 0) is 6.42 Å². The van der Waals surface area contributed by atoms with Crippen molar-refractivity contribution in [2.45, 2.75) is 6.42 Å². The van der Waals surface area contributed by atoms with E-state index in [4.69, 9.17) is 10.5 Å². The highest BCUT2D eigenvalue weighted by molar-refractivity contribution is 14.1. The van der Waals surface area contributed by atoms with E-state index in [9.17, 15) is 5.11 Å². The third-order valence-electron chi connectivity index (χ3n) is 2.63. The van der Waals surface area contributed by atoms with Crippen molar-refractivity contribution in [3.8, 4) is 17.2 Å². The number of phenols is 1. The number of aromatic hydroxyl groups is 1. The van der Waals surface area contributed by atoms with Gasteiger partial charge in [-0.3, -0.25) is 0 Å². The Morgan fingerprint density at radius 2 is 1.62 bits per heavy atom. The van der Waals surface area contributed by atoms with Crippen LogP contribution in [0, 0.1) is 10.7 Å². The Morgan fingerprint density at radius 1 is 1.00 bits per heavy atom. The molecule has 0 aliphatic rings. The van der Waals surface area contributed by atoms with E-state index in [1.807, 2.05) is 6.07 Å². The SMILES string of the molecule is Cl.NCCc1cc(I)c(Oc2ccc(O)c(I)c2)c(I)c1. The number of nitrogens with two attached hydrogens (primary N) is 1. The molecule has 0 saturated heterocycles. The van der Waals surface area contributed by atoms with E-state index in [0.29, 0.717) is 6.54 Å². The zero-order valence-corrected chi connectivity index (χ0v) is 18.1. The quantitative estimate of drug-likeness (QED) is 0.466. The Morgan fingerprint density at radius 3 is 2.14 bits per heavy atom. The van der Waals surface area contributed by atoms with E-state index in [-0.39, 0.29) is 18.2 Å². The Hall–Kier alpha value is 0.480. The molecule has 114 valence electrons. The summed E-state index contributed by atoms with van der Waals surface area (Å²) in [4.78, 5) is 0. The summed E-state index contributed by atoms with van der Waals surface area (Å²) in [7, 11) is 0. The van der Waals surface area contributed by atoms with Crippen molar-refractivity contribution in [2.24, 2.45) is 5.73 Å². The average Bonchev–Trinajstić information content (AvgIpc) is 2.38. The van der Waals surface area contributed by atoms with Crippen LogP contribution in [0.4, 0.5) is 0 Å². The molecule has 7 heteroatoms. The average molecular weight is 643 g/mol. The maximum Gasteiger partial charge on any atom is 0.154 e. The molecule has 0 fully saturated rings. The number of rotatable bonds is 4. The molecule has 0 saturated carbocycles. The van der Waals surface area contributed by atoms with E-state index < -0.39 is 0 Å². The first-order chi connectivity index (χ1) is 9.51. The third kappa shape index (κ3) is 5.26. The van der Waals surface area contributed by atoms with Crippen LogP contribution in [0.25, 0.3) is 0 Å². The van der Waals surface area contributed by atoms with Gasteiger partial charge in [-0.2, -0.15) is 0 Å². The minimum absolute atomic E-state index is 0. The van der Waals surface area contributed by atoms with Crippen molar-refractivity contribution in [3.63, 3.8) is 0 Å². The van der Waals surface area contributed by atoms with Gasteiger partial charge in [-0.15, -0.1) is 12.4 Å². The lowest BCUT2D eigenvalue weighted by molar-refractivity contribution is 0.458. The van der Waals surface area contributed by atoms with Crippen LogP contribution < -0.4 is 10.5 Å². The molecular weight excluding hydrogens is 630 g/mol. The molecule has 0 aliphatic carbocycles. The van der Waals surface area contributed by atoms with Crippen molar-refractivity contribution in [3.05, 3.63) is 46.6 Å². The highest BCUT2D eigenvalue weighted by Crippen LogP contribution is 2.34. The van der Waals surface area contributed by atoms with Gasteiger partial charge in [-0.25, -0.2) is 0 Å². The normalized spacial score (nSPS) is 10.1. The Bertz CT molecular complexity index is 615. The molecule has 3 nitrogen and oxygen atoms in total. The van der Waals surface area contributed by atoms with E-state index in [0.717, 1.165) is 28.6 Å². The van der Waals surface area contributed by atoms with Crippen LogP contribution in [0.3, 0.4) is 0 Å². The van der Waals surface area contributed by atoms with E-state index in [1.165, 1.54) is 5.56 Å². The second-order valence-electron chi connectivity index (χ2n) is 4.14. The van der Waals surface area contributed by atoms with Gasteiger partial charge in [0.1, 0.15) is 11.5 Å². The summed E-state index contributed by atoms with van der Waals surface area (Å²) < 4.78 is 8.83. The van der Waals surface area contributed by atoms with Crippen molar-refractivity contribution in [2.75, 3.05) is 6.54 Å². The van der Waals surface area contributed by atoms with Crippen LogP contribution in [0.15, 0.2) is 30.3 Å². The predicted octanol–water partition coefficient (Wildman–Crippen LogP) is 4.92. The molecule has 0 aromatic heterocycles. The highest BCUT2D eigenvalue weighted by atomic mass is 127. The van der Waals surface area contributed by atoms with Gasteiger partial charge in [0.05, 0.1) is 10.7 Å². The first kappa shape index (κ1) is 19.5. The zero-order chi connectivity index (χ0) is 14.7. The largest absolute Gasteiger partial charge is 0.507 e. The Balaban J connectivity index is 0.00000220. The minimum atomic E-state index is 0. The van der Waals surface area contributed by atoms with Gasteiger partial charge in [0.2, 0.25) is 0 Å². The van der Waals surface area contributed by atoms with E-state index in [2.05, 4.69) is 79.9 Å². The molecular formula is C14H13ClI3NO2. The summed E-state index contributed by atoms with van der Waals surface area (Å²) in [6.45, 7) is 0.641. The number of hydrogen-bond donors (Lipinski definition) is 2. The summed E-state index contributed by atoms with van der Waals surface area (Å²) >= 11 is 6.62. The molecule has 0 spiro atoms. The Kier molecular flexibility index (Phi) is 8.31.